The Kier molecular flexibility index (Phi) is 6.77. The third-order valence-corrected chi connectivity index (χ3v) is 4.61. The van der Waals surface area contributed by atoms with Gasteiger partial charge in [0.25, 0.3) is 5.91 Å². The predicted molar refractivity (Wildman–Crippen MR) is 115 cm³/mol. The second-order valence-corrected chi connectivity index (χ2v) is 6.84. The first-order chi connectivity index (χ1) is 14.8. The molecule has 0 unspecified atom stereocenters. The summed E-state index contributed by atoms with van der Waals surface area (Å²) in [5.41, 5.74) is 5.42. The third-order valence-electron chi connectivity index (χ3n) is 4.61. The lowest BCUT2D eigenvalue weighted by molar-refractivity contribution is -0.136. The lowest BCUT2D eigenvalue weighted by Crippen LogP contribution is -2.25. The van der Waals surface area contributed by atoms with Gasteiger partial charge in [-0.05, 0) is 55.8 Å². The van der Waals surface area contributed by atoms with Gasteiger partial charge in [0.2, 0.25) is 5.78 Å². The topological polar surface area (TPSA) is 77.4 Å². The lowest BCUT2D eigenvalue weighted by Gasteiger charge is -2.11. The second-order valence-electron chi connectivity index (χ2n) is 6.84. The number of rotatable bonds is 7. The van der Waals surface area contributed by atoms with E-state index in [9.17, 15) is 18.8 Å². The fourth-order valence-electron chi connectivity index (χ4n) is 2.97. The van der Waals surface area contributed by atoms with Crippen LogP contribution in [0.4, 0.5) is 4.39 Å². The zero-order chi connectivity index (χ0) is 22.4. The maximum atomic E-state index is 12.9. The van der Waals surface area contributed by atoms with E-state index in [2.05, 4.69) is 5.43 Å². The highest BCUT2D eigenvalue weighted by Gasteiger charge is 2.18. The zero-order valence-corrected chi connectivity index (χ0v) is 17.1. The van der Waals surface area contributed by atoms with Crippen LogP contribution in [0.1, 0.15) is 37.7 Å². The van der Waals surface area contributed by atoms with Gasteiger partial charge in [-0.1, -0.05) is 30.3 Å². The summed E-state index contributed by atoms with van der Waals surface area (Å²) in [7, 11) is 0. The van der Waals surface area contributed by atoms with Crippen LogP contribution >= 0.6 is 0 Å². The van der Waals surface area contributed by atoms with E-state index < -0.39 is 18.4 Å². The number of hydrogen-bond donors (Lipinski definition) is 1. The molecule has 0 fully saturated rings. The average molecular weight is 420 g/mol. The van der Waals surface area contributed by atoms with Gasteiger partial charge in [0, 0.05) is 28.6 Å². The van der Waals surface area contributed by atoms with E-state index in [1.807, 2.05) is 6.07 Å². The first kappa shape index (κ1) is 21.7. The summed E-state index contributed by atoms with van der Waals surface area (Å²) in [6, 6.07) is 15.9. The monoisotopic (exact) mass is 420 g/mol. The molecule has 2 aromatic carbocycles. The number of aryl methyl sites for hydroxylation is 1. The molecule has 1 amide bonds. The number of ether oxygens (including phenoxy) is 1. The van der Waals surface area contributed by atoms with Crippen LogP contribution in [0.3, 0.4) is 0 Å². The van der Waals surface area contributed by atoms with Gasteiger partial charge in [-0.25, -0.2) is 9.18 Å². The number of carbonyl (C=O) groups is 3. The van der Waals surface area contributed by atoms with Crippen LogP contribution in [0.25, 0.3) is 6.08 Å². The summed E-state index contributed by atoms with van der Waals surface area (Å²) >= 11 is 0. The lowest BCUT2D eigenvalue weighted by atomic mass is 10.1. The van der Waals surface area contributed by atoms with E-state index in [-0.39, 0.29) is 11.7 Å². The minimum Gasteiger partial charge on any atom is -0.454 e. The molecule has 3 rings (SSSR count). The molecule has 1 aromatic heterocycles. The molecule has 0 aliphatic rings. The van der Waals surface area contributed by atoms with Crippen LogP contribution in [-0.2, 0) is 9.53 Å². The van der Waals surface area contributed by atoms with E-state index in [1.54, 1.807) is 44.2 Å². The molecular weight excluding hydrogens is 399 g/mol. The van der Waals surface area contributed by atoms with Crippen molar-refractivity contribution in [2.75, 3.05) is 12.0 Å². The highest BCUT2D eigenvalue weighted by Crippen LogP contribution is 2.15. The molecule has 158 valence electrons. The molecule has 0 bridgehead atoms. The Morgan fingerprint density at radius 1 is 1.03 bits per heavy atom. The van der Waals surface area contributed by atoms with Gasteiger partial charge >= 0.3 is 5.97 Å². The summed E-state index contributed by atoms with van der Waals surface area (Å²) in [5.74, 6) is -1.76. The molecule has 0 saturated heterocycles. The standard InChI is InChI=1S/C24H21FN2O4/c1-16-14-21(17(2)27(16)26-24(30)19-6-4-3-5-7-19)22(28)15-31-23(29)13-10-18-8-11-20(25)12-9-18/h3-14H,15H2,1-2H3,(H,26,30)/b13-10+. The molecular formula is C24H21FN2O4. The summed E-state index contributed by atoms with van der Waals surface area (Å²) in [4.78, 5) is 36.8. The van der Waals surface area contributed by atoms with Crippen LogP contribution in [0.5, 0.6) is 0 Å². The number of carbonyl (C=O) groups excluding carboxylic acids is 3. The molecule has 31 heavy (non-hydrogen) atoms. The van der Waals surface area contributed by atoms with Crippen LogP contribution in [0.2, 0.25) is 0 Å². The molecule has 6 nitrogen and oxygen atoms in total. The average Bonchev–Trinajstić information content (AvgIpc) is 3.06. The van der Waals surface area contributed by atoms with Crippen molar-refractivity contribution in [2.24, 2.45) is 0 Å². The van der Waals surface area contributed by atoms with Gasteiger partial charge in [-0.2, -0.15) is 0 Å². The summed E-state index contributed by atoms with van der Waals surface area (Å²) < 4.78 is 19.4. The van der Waals surface area contributed by atoms with Crippen LogP contribution < -0.4 is 5.43 Å². The van der Waals surface area contributed by atoms with Gasteiger partial charge in [-0.15, -0.1) is 0 Å². The second kappa shape index (κ2) is 9.67. The number of halogens is 1. The van der Waals surface area contributed by atoms with E-state index in [4.69, 9.17) is 4.74 Å². The quantitative estimate of drug-likeness (QED) is 0.355. The number of Topliss-reactive ketones (excluding diaryl/α,β-unsaturated/α-hetero) is 1. The molecule has 7 heteroatoms. The van der Waals surface area contributed by atoms with Crippen molar-refractivity contribution >= 4 is 23.7 Å². The molecule has 0 saturated carbocycles. The Balaban J connectivity index is 1.61. The van der Waals surface area contributed by atoms with Gasteiger partial charge in [0.1, 0.15) is 5.82 Å². The van der Waals surface area contributed by atoms with E-state index in [0.29, 0.717) is 28.1 Å². The first-order valence-electron chi connectivity index (χ1n) is 9.54. The smallest absolute Gasteiger partial charge is 0.331 e. The Morgan fingerprint density at radius 2 is 1.71 bits per heavy atom. The number of nitrogens with one attached hydrogen (secondary N) is 1. The van der Waals surface area contributed by atoms with E-state index in [1.165, 1.54) is 41.1 Å². The highest BCUT2D eigenvalue weighted by molar-refractivity contribution is 6.02. The van der Waals surface area contributed by atoms with Crippen molar-refractivity contribution in [3.63, 3.8) is 0 Å². The number of aromatic nitrogens is 1. The summed E-state index contributed by atoms with van der Waals surface area (Å²) in [5, 5.41) is 0. The molecule has 1 heterocycles. The Hall–Kier alpha value is -4.00. The summed E-state index contributed by atoms with van der Waals surface area (Å²) in [6.07, 6.45) is 2.64. The normalized spacial score (nSPS) is 10.8. The van der Waals surface area contributed by atoms with Crippen LogP contribution in [0.15, 0.2) is 66.7 Å². The van der Waals surface area contributed by atoms with Crippen molar-refractivity contribution < 1.29 is 23.5 Å². The summed E-state index contributed by atoms with van der Waals surface area (Å²) in [6.45, 7) is 3.01. The van der Waals surface area contributed by atoms with Gasteiger partial charge in [-0.3, -0.25) is 19.7 Å². The van der Waals surface area contributed by atoms with E-state index >= 15 is 0 Å². The van der Waals surface area contributed by atoms with Crippen molar-refractivity contribution in [3.8, 4) is 0 Å². The van der Waals surface area contributed by atoms with E-state index in [0.717, 1.165) is 0 Å². The number of nitrogens with zero attached hydrogens (tertiary/aromatic N) is 1. The third kappa shape index (κ3) is 5.54. The fourth-order valence-corrected chi connectivity index (χ4v) is 2.97. The van der Waals surface area contributed by atoms with Crippen molar-refractivity contribution in [1.29, 1.82) is 0 Å². The maximum Gasteiger partial charge on any atom is 0.331 e. The zero-order valence-electron chi connectivity index (χ0n) is 17.1. The minimum atomic E-state index is -0.691. The van der Waals surface area contributed by atoms with Gasteiger partial charge < -0.3 is 4.74 Å². The fraction of sp³-hybridized carbons (Fsp3) is 0.125. The molecule has 3 aromatic rings. The Morgan fingerprint density at radius 3 is 2.39 bits per heavy atom. The number of amides is 1. The number of hydrogen-bond acceptors (Lipinski definition) is 4. The number of ketones is 1. The van der Waals surface area contributed by atoms with Crippen molar-refractivity contribution in [1.82, 2.24) is 4.68 Å². The largest absolute Gasteiger partial charge is 0.454 e. The van der Waals surface area contributed by atoms with Crippen molar-refractivity contribution in [3.05, 3.63) is 101 Å². The van der Waals surface area contributed by atoms with Crippen LogP contribution in [0, 0.1) is 19.7 Å². The number of esters is 1. The van der Waals surface area contributed by atoms with Crippen molar-refractivity contribution in [2.45, 2.75) is 13.8 Å². The first-order valence-corrected chi connectivity index (χ1v) is 9.54. The predicted octanol–water partition coefficient (Wildman–Crippen LogP) is 4.07. The number of benzene rings is 2. The van der Waals surface area contributed by atoms with Crippen LogP contribution in [-0.4, -0.2) is 28.9 Å². The highest BCUT2D eigenvalue weighted by atomic mass is 19.1. The molecule has 0 radical (unpaired) electrons. The van der Waals surface area contributed by atoms with Gasteiger partial charge in [0.05, 0.1) is 0 Å². The molecule has 0 spiro atoms. The SMILES string of the molecule is Cc1cc(C(=O)COC(=O)/C=C/c2ccc(F)cc2)c(C)n1NC(=O)c1ccccc1. The molecule has 0 atom stereocenters. The molecule has 0 aliphatic carbocycles. The Labute approximate surface area is 178 Å². The van der Waals surface area contributed by atoms with Gasteiger partial charge in [0.15, 0.2) is 6.61 Å². The molecule has 1 N–H and O–H groups in total. The Bertz CT molecular complexity index is 1130. The molecule has 0 aliphatic heterocycles. The maximum absolute atomic E-state index is 12.9. The minimum absolute atomic E-state index is 0.307.